The normalized spacial score (nSPS) is 25.1. The molecule has 3 N–H and O–H groups in total. The van der Waals surface area contributed by atoms with Crippen LogP contribution in [0, 0.1) is 0 Å². The van der Waals surface area contributed by atoms with E-state index in [1.807, 2.05) is 0 Å². The lowest BCUT2D eigenvalue weighted by Crippen LogP contribution is -2.55. The van der Waals surface area contributed by atoms with Gasteiger partial charge in [0, 0.05) is 17.0 Å². The fourth-order valence-electron chi connectivity index (χ4n) is 2.95. The van der Waals surface area contributed by atoms with Crippen LogP contribution in [0.25, 0.3) is 0 Å². The van der Waals surface area contributed by atoms with E-state index in [1.54, 1.807) is 11.3 Å². The Balaban J connectivity index is 1.63. The van der Waals surface area contributed by atoms with Crippen LogP contribution in [-0.4, -0.2) is 18.0 Å². The maximum absolute atomic E-state index is 12.3. The molecule has 1 heterocycles. The number of nitrogens with one attached hydrogen (secondary N) is 1. The highest BCUT2D eigenvalue weighted by molar-refractivity contribution is 7.10. The number of fused-ring (bicyclic) bond motifs is 1. The number of amides is 1. The molecule has 1 unspecified atom stereocenters. The van der Waals surface area contributed by atoms with Crippen LogP contribution >= 0.6 is 11.3 Å². The van der Waals surface area contributed by atoms with Crippen LogP contribution in [0.15, 0.2) is 11.4 Å². The lowest BCUT2D eigenvalue weighted by molar-refractivity contribution is -0.123. The molecule has 1 fully saturated rings. The molecule has 98 valence electrons. The molecule has 1 aromatic heterocycles. The zero-order valence-electron chi connectivity index (χ0n) is 10.6. The number of carbonyl (C=O) groups excluding carboxylic acids is 1. The predicted molar refractivity (Wildman–Crippen MR) is 73.8 cm³/mol. The van der Waals surface area contributed by atoms with Gasteiger partial charge in [0.25, 0.3) is 0 Å². The van der Waals surface area contributed by atoms with E-state index >= 15 is 0 Å². The highest BCUT2D eigenvalue weighted by atomic mass is 32.1. The molecule has 0 saturated heterocycles. The van der Waals surface area contributed by atoms with Crippen molar-refractivity contribution in [1.82, 2.24) is 5.32 Å². The van der Waals surface area contributed by atoms with Gasteiger partial charge in [0.2, 0.25) is 5.91 Å². The van der Waals surface area contributed by atoms with E-state index in [2.05, 4.69) is 16.8 Å². The molecule has 0 aromatic carbocycles. The van der Waals surface area contributed by atoms with E-state index in [1.165, 1.54) is 16.9 Å². The summed E-state index contributed by atoms with van der Waals surface area (Å²) in [6.07, 6.45) is 6.53. The minimum Gasteiger partial charge on any atom is -0.354 e. The Morgan fingerprint density at radius 1 is 1.50 bits per heavy atom. The van der Waals surface area contributed by atoms with Crippen LogP contribution in [0.5, 0.6) is 0 Å². The summed E-state index contributed by atoms with van der Waals surface area (Å²) in [4.78, 5) is 13.7. The number of nitrogens with two attached hydrogens (primary N) is 1. The zero-order chi connectivity index (χ0) is 12.6. The van der Waals surface area contributed by atoms with Crippen LogP contribution in [0.4, 0.5) is 0 Å². The molecule has 0 radical (unpaired) electrons. The number of hydrogen-bond acceptors (Lipinski definition) is 3. The second-order valence-corrected chi connectivity index (χ2v) is 6.68. The van der Waals surface area contributed by atoms with Gasteiger partial charge < -0.3 is 11.1 Å². The lowest BCUT2D eigenvalue weighted by atomic mass is 9.77. The van der Waals surface area contributed by atoms with Crippen molar-refractivity contribution in [2.75, 3.05) is 6.54 Å². The summed E-state index contributed by atoms with van der Waals surface area (Å²) in [5.74, 6) is 0.231. The monoisotopic (exact) mass is 264 g/mol. The highest BCUT2D eigenvalue weighted by Gasteiger charge is 2.34. The van der Waals surface area contributed by atoms with Crippen LogP contribution in [-0.2, 0) is 11.2 Å². The van der Waals surface area contributed by atoms with Crippen molar-refractivity contribution in [3.8, 4) is 0 Å². The van der Waals surface area contributed by atoms with Crippen LogP contribution in [0.2, 0.25) is 0 Å². The number of rotatable bonds is 3. The van der Waals surface area contributed by atoms with Crippen LogP contribution < -0.4 is 11.1 Å². The largest absolute Gasteiger partial charge is 0.354 e. The first kappa shape index (κ1) is 12.2. The molecule has 0 aliphatic heterocycles. The molecular weight excluding hydrogens is 244 g/mol. The Morgan fingerprint density at radius 3 is 3.06 bits per heavy atom. The van der Waals surface area contributed by atoms with Gasteiger partial charge in [-0.25, -0.2) is 0 Å². The van der Waals surface area contributed by atoms with E-state index in [9.17, 15) is 4.79 Å². The smallest absolute Gasteiger partial charge is 0.227 e. The lowest BCUT2D eigenvalue weighted by Gasteiger charge is -2.38. The number of aryl methyl sites for hydroxylation is 1. The maximum atomic E-state index is 12.3. The average Bonchev–Trinajstić information content (AvgIpc) is 2.81. The summed E-state index contributed by atoms with van der Waals surface area (Å²) >= 11 is 1.78. The van der Waals surface area contributed by atoms with Gasteiger partial charge in [-0.05, 0) is 55.5 Å². The molecule has 2 aliphatic rings. The third kappa shape index (κ3) is 2.19. The Hall–Kier alpha value is -0.870. The summed E-state index contributed by atoms with van der Waals surface area (Å²) in [6, 6.07) is 2.12. The molecular formula is C14H20N2OS. The fourth-order valence-corrected chi connectivity index (χ4v) is 3.94. The van der Waals surface area contributed by atoms with Crippen molar-refractivity contribution < 1.29 is 4.79 Å². The summed E-state index contributed by atoms with van der Waals surface area (Å²) in [7, 11) is 0. The first-order chi connectivity index (χ1) is 8.68. The van der Waals surface area contributed by atoms with Crippen molar-refractivity contribution in [2.24, 2.45) is 5.73 Å². The average molecular weight is 264 g/mol. The number of hydrogen-bond donors (Lipinski definition) is 2. The highest BCUT2D eigenvalue weighted by Crippen LogP contribution is 2.35. The quantitative estimate of drug-likeness (QED) is 0.879. The van der Waals surface area contributed by atoms with Crippen molar-refractivity contribution in [3.63, 3.8) is 0 Å². The van der Waals surface area contributed by atoms with Crippen molar-refractivity contribution >= 4 is 17.2 Å². The molecule has 1 atom stereocenters. The molecule has 4 heteroatoms. The summed E-state index contributed by atoms with van der Waals surface area (Å²) in [5, 5.41) is 5.17. The van der Waals surface area contributed by atoms with Gasteiger partial charge in [0.1, 0.15) is 0 Å². The third-order valence-corrected chi connectivity index (χ3v) is 5.33. The molecule has 0 spiro atoms. The summed E-state index contributed by atoms with van der Waals surface area (Å²) < 4.78 is 0. The van der Waals surface area contributed by atoms with E-state index in [4.69, 9.17) is 5.73 Å². The topological polar surface area (TPSA) is 55.1 Å². The fraction of sp³-hybridized carbons (Fsp3) is 0.643. The first-order valence-electron chi connectivity index (χ1n) is 6.81. The SMILES string of the molecule is NC1(CNC(=O)C2CCCc3sccc32)CCC1. The molecule has 1 aromatic rings. The van der Waals surface area contributed by atoms with E-state index in [-0.39, 0.29) is 17.4 Å². The Bertz CT molecular complexity index is 450. The van der Waals surface area contributed by atoms with Gasteiger partial charge in [0.05, 0.1) is 5.92 Å². The predicted octanol–water partition coefficient (Wildman–Crippen LogP) is 2.17. The van der Waals surface area contributed by atoms with E-state index in [0.29, 0.717) is 6.54 Å². The molecule has 18 heavy (non-hydrogen) atoms. The van der Waals surface area contributed by atoms with E-state index in [0.717, 1.165) is 32.1 Å². The summed E-state index contributed by atoms with van der Waals surface area (Å²) in [5.41, 5.74) is 7.27. The third-order valence-electron chi connectivity index (χ3n) is 4.33. The molecule has 2 aliphatic carbocycles. The standard InChI is InChI=1S/C14H20N2OS/c15-14(6-2-7-14)9-16-13(17)11-3-1-4-12-10(11)5-8-18-12/h5,8,11H,1-4,6-7,9,15H2,(H,16,17). The molecule has 0 bridgehead atoms. The van der Waals surface area contributed by atoms with Crippen LogP contribution in [0.3, 0.4) is 0 Å². The minimum atomic E-state index is -0.123. The molecule has 1 saturated carbocycles. The van der Waals surface area contributed by atoms with Gasteiger partial charge in [-0.2, -0.15) is 0 Å². The van der Waals surface area contributed by atoms with Crippen molar-refractivity contribution in [1.29, 1.82) is 0 Å². The number of carbonyl (C=O) groups is 1. The van der Waals surface area contributed by atoms with Gasteiger partial charge in [-0.15, -0.1) is 11.3 Å². The molecule has 1 amide bonds. The minimum absolute atomic E-state index is 0.0590. The second-order valence-electron chi connectivity index (χ2n) is 5.68. The van der Waals surface area contributed by atoms with E-state index < -0.39 is 0 Å². The maximum Gasteiger partial charge on any atom is 0.227 e. The van der Waals surface area contributed by atoms with Crippen molar-refractivity contribution in [3.05, 3.63) is 21.9 Å². The first-order valence-corrected chi connectivity index (χ1v) is 7.69. The van der Waals surface area contributed by atoms with Crippen molar-refractivity contribution in [2.45, 2.75) is 50.0 Å². The van der Waals surface area contributed by atoms with Crippen LogP contribution in [0.1, 0.15) is 48.5 Å². The second kappa shape index (κ2) is 4.67. The van der Waals surface area contributed by atoms with Gasteiger partial charge in [-0.1, -0.05) is 0 Å². The Kier molecular flexibility index (Phi) is 3.16. The zero-order valence-corrected chi connectivity index (χ0v) is 11.4. The summed E-state index contributed by atoms with van der Waals surface area (Å²) in [6.45, 7) is 0.641. The molecule has 3 rings (SSSR count). The van der Waals surface area contributed by atoms with Gasteiger partial charge in [0.15, 0.2) is 0 Å². The Labute approximate surface area is 112 Å². The Morgan fingerprint density at radius 2 is 2.33 bits per heavy atom. The number of thiophene rings is 1. The van der Waals surface area contributed by atoms with Gasteiger partial charge >= 0.3 is 0 Å². The molecule has 3 nitrogen and oxygen atoms in total. The van der Waals surface area contributed by atoms with Gasteiger partial charge in [-0.3, -0.25) is 4.79 Å².